The van der Waals surface area contributed by atoms with Crippen molar-refractivity contribution in [2.45, 2.75) is 87.1 Å². The molecule has 2 aromatic heterocycles. The summed E-state index contributed by atoms with van der Waals surface area (Å²) in [6, 6.07) is 9.21. The first kappa shape index (κ1) is 29.1. The molecule has 5 unspecified atom stereocenters. The first-order valence-corrected chi connectivity index (χ1v) is 17.0. The van der Waals surface area contributed by atoms with Crippen LogP contribution in [0.5, 0.6) is 11.8 Å². The van der Waals surface area contributed by atoms with Gasteiger partial charge in [0, 0.05) is 60.3 Å². The monoisotopic (exact) mass is 636 g/mol. The summed E-state index contributed by atoms with van der Waals surface area (Å²) >= 11 is 0. The minimum absolute atomic E-state index is 0.0187. The molecule has 0 radical (unpaired) electrons. The number of fused-ring (bicyclic) bond motifs is 7. The zero-order valence-electron chi connectivity index (χ0n) is 26.3. The van der Waals surface area contributed by atoms with E-state index in [9.17, 15) is 5.11 Å². The Bertz CT molecular complexity index is 1950. The summed E-state index contributed by atoms with van der Waals surface area (Å²) in [6.45, 7) is 2.60. The molecule has 1 saturated carbocycles. The van der Waals surface area contributed by atoms with E-state index in [0.29, 0.717) is 58.0 Å². The zero-order chi connectivity index (χ0) is 31.9. The summed E-state index contributed by atoms with van der Waals surface area (Å²) < 4.78 is 39.6. The molecule has 8 nitrogen and oxygen atoms in total. The SMILES string of the molecule is C#Cc1cccc2cc(O)cc(-c3ncc4c(N5CC6CCC(C5)N6)nc(OCC56CCCN5C5CCCCC5(F)C6)nc4c3F)c12. The lowest BCUT2D eigenvalue weighted by Crippen LogP contribution is -2.51. The van der Waals surface area contributed by atoms with Gasteiger partial charge in [-0.2, -0.15) is 9.97 Å². The quantitative estimate of drug-likeness (QED) is 0.263. The van der Waals surface area contributed by atoms with Gasteiger partial charge in [-0.25, -0.2) is 8.78 Å². The molecule has 6 heterocycles. The van der Waals surface area contributed by atoms with Crippen molar-refractivity contribution in [3.05, 3.63) is 47.9 Å². The highest BCUT2D eigenvalue weighted by Crippen LogP contribution is 2.54. The van der Waals surface area contributed by atoms with E-state index < -0.39 is 17.0 Å². The van der Waals surface area contributed by atoms with Crippen molar-refractivity contribution in [2.75, 3.05) is 31.1 Å². The number of nitrogens with zero attached hydrogens (tertiary/aromatic N) is 5. The maximum Gasteiger partial charge on any atom is 0.319 e. The van der Waals surface area contributed by atoms with Gasteiger partial charge in [-0.05, 0) is 68.7 Å². The number of phenolic OH excluding ortho intramolecular Hbond substituents is 1. The number of piperazine rings is 1. The van der Waals surface area contributed by atoms with Crippen LogP contribution < -0.4 is 15.0 Å². The number of hydrogen-bond donors (Lipinski definition) is 2. The van der Waals surface area contributed by atoms with Crippen LogP contribution in [0.1, 0.15) is 63.4 Å². The van der Waals surface area contributed by atoms with E-state index in [1.165, 1.54) is 6.07 Å². The molecule has 4 aromatic rings. The van der Waals surface area contributed by atoms with Crippen LogP contribution in [0.15, 0.2) is 36.5 Å². The van der Waals surface area contributed by atoms with Crippen molar-refractivity contribution in [1.29, 1.82) is 0 Å². The number of halogens is 2. The van der Waals surface area contributed by atoms with E-state index in [0.717, 1.165) is 64.6 Å². The van der Waals surface area contributed by atoms with Gasteiger partial charge in [-0.15, -0.1) is 6.42 Å². The Morgan fingerprint density at radius 3 is 2.77 bits per heavy atom. The number of alkyl halides is 1. The van der Waals surface area contributed by atoms with E-state index in [4.69, 9.17) is 16.1 Å². The maximum atomic E-state index is 16.9. The van der Waals surface area contributed by atoms with Gasteiger partial charge in [0.05, 0.1) is 10.9 Å². The summed E-state index contributed by atoms with van der Waals surface area (Å²) in [7, 11) is 0. The summed E-state index contributed by atoms with van der Waals surface area (Å²) in [6.07, 6.45) is 15.4. The fraction of sp³-hybridized carbons (Fsp3) is 0.486. The fourth-order valence-corrected chi connectivity index (χ4v) is 9.61. The molecule has 4 saturated heterocycles. The minimum Gasteiger partial charge on any atom is -0.508 e. The number of hydrogen-bond acceptors (Lipinski definition) is 8. The van der Waals surface area contributed by atoms with Crippen LogP contribution in [0.2, 0.25) is 0 Å². The van der Waals surface area contributed by atoms with Gasteiger partial charge in [-0.3, -0.25) is 9.88 Å². The Hall–Kier alpha value is -4.07. The van der Waals surface area contributed by atoms with Crippen LogP contribution in [0.3, 0.4) is 0 Å². The smallest absolute Gasteiger partial charge is 0.319 e. The Balaban J connectivity index is 1.16. The Morgan fingerprint density at radius 1 is 1.09 bits per heavy atom. The average molecular weight is 637 g/mol. The van der Waals surface area contributed by atoms with Crippen LogP contribution in [0.4, 0.5) is 14.6 Å². The molecule has 47 heavy (non-hydrogen) atoms. The van der Waals surface area contributed by atoms with E-state index in [1.807, 2.05) is 12.1 Å². The standard InChI is InChI=1S/C37H38F2N6O2/c1-2-22-7-5-8-23-15-26(46)16-27(30(22)23)32-31(38)33-28(17-40-32)34(44-18-24-10-11-25(19-44)41-24)43-35(42-33)47-21-36-12-6-14-45(36)29-9-3-4-13-37(29,39)20-36/h1,5,7-8,15-17,24-25,29,41,46H,3-4,6,9-14,18-21H2. The molecule has 0 spiro atoms. The van der Waals surface area contributed by atoms with Gasteiger partial charge >= 0.3 is 6.01 Å². The van der Waals surface area contributed by atoms with Crippen molar-refractivity contribution in [3.8, 4) is 35.4 Å². The maximum absolute atomic E-state index is 16.9. The molecule has 5 aliphatic rings. The molecule has 1 aliphatic carbocycles. The number of terminal acetylenes is 1. The Labute approximate surface area is 272 Å². The third-order valence-corrected chi connectivity index (χ3v) is 11.6. The molecule has 5 atom stereocenters. The number of aromatic hydroxyl groups is 1. The van der Waals surface area contributed by atoms with Crippen molar-refractivity contribution in [3.63, 3.8) is 0 Å². The van der Waals surface area contributed by atoms with Crippen LogP contribution in [0, 0.1) is 18.2 Å². The highest BCUT2D eigenvalue weighted by atomic mass is 19.1. The summed E-state index contributed by atoms with van der Waals surface area (Å²) in [5.74, 6) is 2.63. The van der Waals surface area contributed by atoms with Crippen molar-refractivity contribution < 1.29 is 18.6 Å². The average Bonchev–Trinajstić information content (AvgIpc) is 3.71. The normalized spacial score (nSPS) is 30.1. The molecule has 9 rings (SSSR count). The molecule has 4 aliphatic heterocycles. The van der Waals surface area contributed by atoms with Gasteiger partial charge in [0.2, 0.25) is 0 Å². The largest absolute Gasteiger partial charge is 0.508 e. The molecule has 2 aromatic carbocycles. The van der Waals surface area contributed by atoms with Crippen molar-refractivity contribution in [2.24, 2.45) is 0 Å². The van der Waals surface area contributed by atoms with Crippen molar-refractivity contribution in [1.82, 2.24) is 25.2 Å². The van der Waals surface area contributed by atoms with Gasteiger partial charge in [0.1, 0.15) is 35.1 Å². The number of aromatic nitrogens is 3. The number of phenols is 1. The van der Waals surface area contributed by atoms with Crippen LogP contribution in [0.25, 0.3) is 32.9 Å². The molecule has 0 amide bonds. The predicted molar refractivity (Wildman–Crippen MR) is 177 cm³/mol. The van der Waals surface area contributed by atoms with Gasteiger partial charge in [0.15, 0.2) is 5.82 Å². The van der Waals surface area contributed by atoms with Gasteiger partial charge < -0.3 is 20.1 Å². The number of pyridine rings is 1. The summed E-state index contributed by atoms with van der Waals surface area (Å²) in [4.78, 5) is 18.8. The lowest BCUT2D eigenvalue weighted by atomic mass is 9.79. The zero-order valence-corrected chi connectivity index (χ0v) is 26.3. The van der Waals surface area contributed by atoms with E-state index in [1.54, 1.807) is 18.3 Å². The second-order valence-corrected chi connectivity index (χ2v) is 14.4. The van der Waals surface area contributed by atoms with Gasteiger partial charge in [0.25, 0.3) is 0 Å². The molecule has 10 heteroatoms. The second-order valence-electron chi connectivity index (χ2n) is 14.4. The summed E-state index contributed by atoms with van der Waals surface area (Å²) in [5, 5.41) is 16.1. The highest BCUT2D eigenvalue weighted by molar-refractivity contribution is 6.02. The first-order chi connectivity index (χ1) is 22.8. The molecule has 2 bridgehead atoms. The van der Waals surface area contributed by atoms with E-state index in [2.05, 4.69) is 31.0 Å². The fourth-order valence-electron chi connectivity index (χ4n) is 9.61. The predicted octanol–water partition coefficient (Wildman–Crippen LogP) is 5.88. The highest BCUT2D eigenvalue weighted by Gasteiger charge is 2.62. The number of anilines is 1. The number of rotatable bonds is 5. The third kappa shape index (κ3) is 4.57. The Morgan fingerprint density at radius 2 is 1.94 bits per heavy atom. The minimum atomic E-state index is -1.19. The first-order valence-electron chi connectivity index (χ1n) is 17.0. The molecular formula is C37H38F2N6O2. The summed E-state index contributed by atoms with van der Waals surface area (Å²) in [5.41, 5.74) is -0.505. The number of benzene rings is 2. The van der Waals surface area contributed by atoms with Crippen LogP contribution >= 0.6 is 0 Å². The lowest BCUT2D eigenvalue weighted by molar-refractivity contribution is 0.0462. The molecule has 2 N–H and O–H groups in total. The number of ether oxygens (including phenoxy) is 1. The third-order valence-electron chi connectivity index (χ3n) is 11.6. The lowest BCUT2D eigenvalue weighted by Gasteiger charge is -2.37. The van der Waals surface area contributed by atoms with Crippen molar-refractivity contribution >= 4 is 27.5 Å². The topological polar surface area (TPSA) is 86.6 Å². The van der Waals surface area contributed by atoms with E-state index >= 15 is 8.78 Å². The van der Waals surface area contributed by atoms with E-state index in [-0.39, 0.29) is 35.6 Å². The Kier molecular flexibility index (Phi) is 6.64. The number of nitrogens with one attached hydrogen (secondary N) is 1. The van der Waals surface area contributed by atoms with Crippen LogP contribution in [-0.4, -0.2) is 80.5 Å². The van der Waals surface area contributed by atoms with Gasteiger partial charge in [-0.1, -0.05) is 30.9 Å². The molecule has 5 fully saturated rings. The molecule has 242 valence electrons. The van der Waals surface area contributed by atoms with Crippen LogP contribution in [-0.2, 0) is 0 Å². The second kappa shape index (κ2) is 10.7. The molecular weight excluding hydrogens is 598 g/mol.